The third kappa shape index (κ3) is 1.36. The number of rotatable bonds is 3. The summed E-state index contributed by atoms with van der Waals surface area (Å²) >= 11 is 0. The summed E-state index contributed by atoms with van der Waals surface area (Å²) < 4.78 is 10.7. The van der Waals surface area contributed by atoms with E-state index in [0.29, 0.717) is 0 Å². The van der Waals surface area contributed by atoms with Gasteiger partial charge in [-0.15, -0.1) is 0 Å². The van der Waals surface area contributed by atoms with Crippen molar-refractivity contribution < 1.29 is 9.15 Å². The fraction of sp³-hybridized carbons (Fsp3) is 0.273. The van der Waals surface area contributed by atoms with Crippen LogP contribution in [0.4, 0.5) is 0 Å². The van der Waals surface area contributed by atoms with Gasteiger partial charge < -0.3 is 14.5 Å². The number of methoxy groups -OCH3 is 1. The number of fused-ring (bicyclic) bond motifs is 1. The van der Waals surface area contributed by atoms with Gasteiger partial charge >= 0.3 is 0 Å². The molecule has 74 valence electrons. The standard InChI is InChI=1S/C11H13NO2/c1-12-6-8-7-14-11-9(8)4-3-5-10(11)13-2/h3-5,7,12H,6H2,1-2H3. The maximum atomic E-state index is 5.46. The molecule has 1 N–H and O–H groups in total. The van der Waals surface area contributed by atoms with Crippen LogP contribution in [0.1, 0.15) is 5.56 Å². The number of benzene rings is 1. The van der Waals surface area contributed by atoms with Gasteiger partial charge in [0.25, 0.3) is 0 Å². The number of hydrogen-bond acceptors (Lipinski definition) is 3. The van der Waals surface area contributed by atoms with E-state index < -0.39 is 0 Å². The molecule has 0 saturated heterocycles. The molecule has 0 aliphatic heterocycles. The third-order valence-electron chi connectivity index (χ3n) is 2.23. The number of ether oxygens (including phenoxy) is 1. The largest absolute Gasteiger partial charge is 0.493 e. The number of furan rings is 1. The second kappa shape index (κ2) is 3.72. The van der Waals surface area contributed by atoms with Gasteiger partial charge in [-0.05, 0) is 13.1 Å². The molecule has 0 bridgehead atoms. The zero-order valence-corrected chi connectivity index (χ0v) is 8.33. The Morgan fingerprint density at radius 3 is 3.00 bits per heavy atom. The van der Waals surface area contributed by atoms with Crippen LogP contribution in [0.3, 0.4) is 0 Å². The highest BCUT2D eigenvalue weighted by atomic mass is 16.5. The maximum absolute atomic E-state index is 5.46. The van der Waals surface area contributed by atoms with E-state index in [4.69, 9.17) is 9.15 Å². The summed E-state index contributed by atoms with van der Waals surface area (Å²) in [7, 11) is 3.56. The Morgan fingerprint density at radius 1 is 1.43 bits per heavy atom. The lowest BCUT2D eigenvalue weighted by molar-refractivity contribution is 0.410. The zero-order valence-electron chi connectivity index (χ0n) is 8.33. The first-order chi connectivity index (χ1) is 6.86. The van der Waals surface area contributed by atoms with Crippen LogP contribution < -0.4 is 10.1 Å². The number of nitrogens with one attached hydrogen (secondary N) is 1. The Labute approximate surface area is 82.7 Å². The maximum Gasteiger partial charge on any atom is 0.176 e. The van der Waals surface area contributed by atoms with Crippen LogP contribution in [0.25, 0.3) is 11.0 Å². The molecule has 3 nitrogen and oxygen atoms in total. The van der Waals surface area contributed by atoms with Gasteiger partial charge in [-0.1, -0.05) is 12.1 Å². The lowest BCUT2D eigenvalue weighted by Gasteiger charge is -2.00. The van der Waals surface area contributed by atoms with Gasteiger partial charge in [-0.25, -0.2) is 0 Å². The monoisotopic (exact) mass is 191 g/mol. The van der Waals surface area contributed by atoms with E-state index in [9.17, 15) is 0 Å². The fourth-order valence-electron chi connectivity index (χ4n) is 1.57. The van der Waals surface area contributed by atoms with Gasteiger partial charge in [0, 0.05) is 17.5 Å². The molecule has 0 fully saturated rings. The summed E-state index contributed by atoms with van der Waals surface area (Å²) in [5, 5.41) is 4.21. The molecular weight excluding hydrogens is 178 g/mol. The van der Waals surface area contributed by atoms with Crippen molar-refractivity contribution in [1.29, 1.82) is 0 Å². The first-order valence-electron chi connectivity index (χ1n) is 4.54. The predicted molar refractivity (Wildman–Crippen MR) is 55.5 cm³/mol. The van der Waals surface area contributed by atoms with Gasteiger partial charge in [-0.3, -0.25) is 0 Å². The summed E-state index contributed by atoms with van der Waals surface area (Å²) in [6.07, 6.45) is 1.77. The molecule has 0 atom stereocenters. The smallest absolute Gasteiger partial charge is 0.176 e. The van der Waals surface area contributed by atoms with E-state index in [2.05, 4.69) is 5.32 Å². The minimum Gasteiger partial charge on any atom is -0.493 e. The summed E-state index contributed by atoms with van der Waals surface area (Å²) in [5.41, 5.74) is 1.97. The molecule has 0 radical (unpaired) electrons. The normalized spacial score (nSPS) is 10.7. The van der Waals surface area contributed by atoms with E-state index in [1.165, 1.54) is 0 Å². The van der Waals surface area contributed by atoms with Crippen molar-refractivity contribution in [3.05, 3.63) is 30.0 Å². The topological polar surface area (TPSA) is 34.4 Å². The number of hydrogen-bond donors (Lipinski definition) is 1. The fourth-order valence-corrected chi connectivity index (χ4v) is 1.57. The Hall–Kier alpha value is -1.48. The van der Waals surface area contributed by atoms with Crippen LogP contribution in [0.5, 0.6) is 5.75 Å². The lowest BCUT2D eigenvalue weighted by Crippen LogP contribution is -2.03. The van der Waals surface area contributed by atoms with Crippen molar-refractivity contribution in [2.75, 3.05) is 14.2 Å². The van der Waals surface area contributed by atoms with Crippen molar-refractivity contribution in [3.8, 4) is 5.75 Å². The molecule has 0 spiro atoms. The Morgan fingerprint density at radius 2 is 2.29 bits per heavy atom. The van der Waals surface area contributed by atoms with Crippen LogP contribution in [0.2, 0.25) is 0 Å². The van der Waals surface area contributed by atoms with Crippen LogP contribution in [0, 0.1) is 0 Å². The molecule has 0 saturated carbocycles. The van der Waals surface area contributed by atoms with E-state index in [1.807, 2.05) is 25.2 Å². The SMILES string of the molecule is CNCc1coc2c(OC)cccc12. The van der Waals surface area contributed by atoms with Crippen molar-refractivity contribution in [2.45, 2.75) is 6.54 Å². The van der Waals surface area contributed by atoms with Crippen LogP contribution >= 0.6 is 0 Å². The minimum absolute atomic E-state index is 0.782. The van der Waals surface area contributed by atoms with E-state index in [1.54, 1.807) is 13.4 Å². The predicted octanol–water partition coefficient (Wildman–Crippen LogP) is 2.16. The zero-order chi connectivity index (χ0) is 9.97. The molecule has 0 amide bonds. The van der Waals surface area contributed by atoms with Crippen molar-refractivity contribution >= 4 is 11.0 Å². The minimum atomic E-state index is 0.782. The average molecular weight is 191 g/mol. The highest BCUT2D eigenvalue weighted by molar-refractivity contribution is 5.86. The summed E-state index contributed by atoms with van der Waals surface area (Å²) in [4.78, 5) is 0. The van der Waals surface area contributed by atoms with Gasteiger partial charge in [0.2, 0.25) is 0 Å². The molecule has 0 unspecified atom stereocenters. The highest BCUT2D eigenvalue weighted by Gasteiger charge is 2.08. The summed E-state index contributed by atoms with van der Waals surface area (Å²) in [6.45, 7) is 0.806. The Balaban J connectivity index is 2.57. The second-order valence-electron chi connectivity index (χ2n) is 3.13. The van der Waals surface area contributed by atoms with Crippen LogP contribution in [-0.4, -0.2) is 14.2 Å². The summed E-state index contributed by atoms with van der Waals surface area (Å²) in [5.74, 6) is 0.782. The van der Waals surface area contributed by atoms with Gasteiger partial charge in [0.1, 0.15) is 0 Å². The first-order valence-corrected chi connectivity index (χ1v) is 4.54. The molecule has 1 aromatic heterocycles. The van der Waals surface area contributed by atoms with Crippen LogP contribution in [0.15, 0.2) is 28.9 Å². The molecule has 2 aromatic rings. The summed E-state index contributed by atoms with van der Waals surface area (Å²) in [6, 6.07) is 5.90. The molecule has 1 heterocycles. The van der Waals surface area contributed by atoms with Gasteiger partial charge in [-0.2, -0.15) is 0 Å². The van der Waals surface area contributed by atoms with Crippen molar-refractivity contribution in [3.63, 3.8) is 0 Å². The second-order valence-corrected chi connectivity index (χ2v) is 3.13. The van der Waals surface area contributed by atoms with E-state index in [0.717, 1.165) is 28.8 Å². The molecule has 2 rings (SSSR count). The molecule has 1 aromatic carbocycles. The van der Waals surface area contributed by atoms with E-state index >= 15 is 0 Å². The van der Waals surface area contributed by atoms with Crippen molar-refractivity contribution in [1.82, 2.24) is 5.32 Å². The molecule has 0 aliphatic carbocycles. The molecule has 3 heteroatoms. The lowest BCUT2D eigenvalue weighted by atomic mass is 10.1. The first kappa shape index (κ1) is 9.09. The van der Waals surface area contributed by atoms with Crippen LogP contribution in [-0.2, 0) is 6.54 Å². The van der Waals surface area contributed by atoms with Crippen molar-refractivity contribution in [2.24, 2.45) is 0 Å². The third-order valence-corrected chi connectivity index (χ3v) is 2.23. The highest BCUT2D eigenvalue weighted by Crippen LogP contribution is 2.29. The average Bonchev–Trinajstić information content (AvgIpc) is 2.62. The molecule has 0 aliphatic rings. The van der Waals surface area contributed by atoms with Gasteiger partial charge in [0.15, 0.2) is 11.3 Å². The Bertz CT molecular complexity index is 434. The van der Waals surface area contributed by atoms with E-state index in [-0.39, 0.29) is 0 Å². The molecule has 14 heavy (non-hydrogen) atoms. The molecular formula is C11H13NO2. The Kier molecular flexibility index (Phi) is 2.41. The van der Waals surface area contributed by atoms with Gasteiger partial charge in [0.05, 0.1) is 13.4 Å². The quantitative estimate of drug-likeness (QED) is 0.807. The number of para-hydroxylation sites is 1.